The average Bonchev–Trinajstić information content (AvgIpc) is 2.29. The van der Waals surface area contributed by atoms with Gasteiger partial charge < -0.3 is 10.1 Å². The summed E-state index contributed by atoms with van der Waals surface area (Å²) in [5.41, 5.74) is 0. The zero-order valence-corrected chi connectivity index (χ0v) is 9.89. The van der Waals surface area contributed by atoms with Crippen molar-refractivity contribution in [3.05, 3.63) is 0 Å². The Bertz CT molecular complexity index is 161. The fourth-order valence-electron chi connectivity index (χ4n) is 2.22. The number of rotatable bonds is 8. The number of alkyl halides is 2. The molecule has 0 saturated heterocycles. The van der Waals surface area contributed by atoms with Gasteiger partial charge in [-0.15, -0.1) is 0 Å². The fraction of sp³-hybridized carbons (Fsp3) is 1.00. The fourth-order valence-corrected chi connectivity index (χ4v) is 2.22. The van der Waals surface area contributed by atoms with Gasteiger partial charge in [-0.2, -0.15) is 0 Å². The molecule has 0 aromatic rings. The van der Waals surface area contributed by atoms with Crippen molar-refractivity contribution in [3.8, 4) is 0 Å². The minimum atomic E-state index is -2.35. The van der Waals surface area contributed by atoms with E-state index in [4.69, 9.17) is 4.74 Å². The molecular formula is C12H23F2NO. The molecule has 1 rings (SSSR count). The number of ether oxygens (including phenoxy) is 1. The van der Waals surface area contributed by atoms with Crippen LogP contribution in [-0.2, 0) is 4.74 Å². The lowest BCUT2D eigenvalue weighted by molar-refractivity contribution is 0.0187. The summed E-state index contributed by atoms with van der Waals surface area (Å²) in [7, 11) is 0. The van der Waals surface area contributed by atoms with E-state index in [2.05, 4.69) is 5.32 Å². The third-order valence-electron chi connectivity index (χ3n) is 3.12. The van der Waals surface area contributed by atoms with E-state index in [9.17, 15) is 8.78 Å². The van der Waals surface area contributed by atoms with Crippen LogP contribution >= 0.6 is 0 Å². The highest BCUT2D eigenvalue weighted by atomic mass is 19.3. The lowest BCUT2D eigenvalue weighted by atomic mass is 9.87. The Morgan fingerprint density at radius 1 is 1.12 bits per heavy atom. The first-order chi connectivity index (χ1) is 7.79. The summed E-state index contributed by atoms with van der Waals surface area (Å²) in [5.74, 6) is 0.878. The van der Waals surface area contributed by atoms with Gasteiger partial charge in [0.05, 0.1) is 6.61 Å². The van der Waals surface area contributed by atoms with E-state index >= 15 is 0 Å². The second kappa shape index (κ2) is 8.88. The van der Waals surface area contributed by atoms with Crippen LogP contribution in [0.3, 0.4) is 0 Å². The summed E-state index contributed by atoms with van der Waals surface area (Å²) in [5, 5.41) is 3.24. The van der Waals surface area contributed by atoms with Crippen LogP contribution in [0, 0.1) is 5.92 Å². The van der Waals surface area contributed by atoms with Crippen LogP contribution in [0.5, 0.6) is 0 Å². The third kappa shape index (κ3) is 7.12. The van der Waals surface area contributed by atoms with Crippen molar-refractivity contribution < 1.29 is 13.5 Å². The van der Waals surface area contributed by atoms with Crippen LogP contribution in [0.1, 0.15) is 38.5 Å². The Hall–Kier alpha value is -0.220. The predicted octanol–water partition coefficient (Wildman–Crippen LogP) is 2.83. The molecular weight excluding hydrogens is 212 g/mol. The van der Waals surface area contributed by atoms with Crippen LogP contribution in [-0.4, -0.2) is 32.7 Å². The standard InChI is InChI=1S/C12H23F2NO/c13-12(14)10-16-9-8-15-7-6-11-4-2-1-3-5-11/h11-12,15H,1-10H2. The number of hydrogen-bond acceptors (Lipinski definition) is 2. The minimum absolute atomic E-state index is 0.384. The van der Waals surface area contributed by atoms with Gasteiger partial charge in [-0.3, -0.25) is 0 Å². The summed E-state index contributed by atoms with van der Waals surface area (Å²) in [6.07, 6.45) is 5.75. The number of halogens is 2. The quantitative estimate of drug-likeness (QED) is 0.653. The van der Waals surface area contributed by atoms with Crippen molar-refractivity contribution in [2.45, 2.75) is 45.0 Å². The van der Waals surface area contributed by atoms with Crippen molar-refractivity contribution in [1.82, 2.24) is 5.32 Å². The molecule has 96 valence electrons. The molecule has 0 aromatic heterocycles. The van der Waals surface area contributed by atoms with E-state index in [0.29, 0.717) is 13.2 Å². The first kappa shape index (κ1) is 13.8. The molecule has 0 bridgehead atoms. The van der Waals surface area contributed by atoms with Crippen molar-refractivity contribution in [2.75, 3.05) is 26.3 Å². The molecule has 0 radical (unpaired) electrons. The molecule has 0 heterocycles. The lowest BCUT2D eigenvalue weighted by Gasteiger charge is -2.21. The molecule has 16 heavy (non-hydrogen) atoms. The Morgan fingerprint density at radius 2 is 1.88 bits per heavy atom. The Morgan fingerprint density at radius 3 is 2.56 bits per heavy atom. The van der Waals surface area contributed by atoms with Gasteiger partial charge in [0.1, 0.15) is 6.61 Å². The van der Waals surface area contributed by atoms with E-state index in [1.54, 1.807) is 0 Å². The summed E-state index contributed by atoms with van der Waals surface area (Å²) in [4.78, 5) is 0. The van der Waals surface area contributed by atoms with Gasteiger partial charge in [-0.25, -0.2) is 8.78 Å². The molecule has 1 saturated carbocycles. The van der Waals surface area contributed by atoms with Crippen molar-refractivity contribution in [2.24, 2.45) is 5.92 Å². The highest BCUT2D eigenvalue weighted by Crippen LogP contribution is 2.25. The van der Waals surface area contributed by atoms with Crippen molar-refractivity contribution in [3.63, 3.8) is 0 Å². The van der Waals surface area contributed by atoms with Gasteiger partial charge in [0.25, 0.3) is 6.43 Å². The van der Waals surface area contributed by atoms with E-state index in [1.165, 1.54) is 38.5 Å². The summed E-state index contributed by atoms with van der Waals surface area (Å²) in [6.45, 7) is 1.61. The van der Waals surface area contributed by atoms with Gasteiger partial charge in [0.15, 0.2) is 0 Å². The van der Waals surface area contributed by atoms with Gasteiger partial charge in [0.2, 0.25) is 0 Å². The summed E-state index contributed by atoms with van der Waals surface area (Å²) < 4.78 is 28.2. The first-order valence-electron chi connectivity index (χ1n) is 6.35. The second-order valence-corrected chi connectivity index (χ2v) is 4.51. The largest absolute Gasteiger partial charge is 0.374 e. The predicted molar refractivity (Wildman–Crippen MR) is 60.9 cm³/mol. The highest BCUT2D eigenvalue weighted by molar-refractivity contribution is 4.66. The lowest BCUT2D eigenvalue weighted by Crippen LogP contribution is -2.24. The molecule has 4 heteroatoms. The number of nitrogens with one attached hydrogen (secondary N) is 1. The minimum Gasteiger partial charge on any atom is -0.374 e. The molecule has 0 atom stereocenters. The highest BCUT2D eigenvalue weighted by Gasteiger charge is 2.12. The zero-order valence-electron chi connectivity index (χ0n) is 9.89. The monoisotopic (exact) mass is 235 g/mol. The van der Waals surface area contributed by atoms with Crippen molar-refractivity contribution >= 4 is 0 Å². The second-order valence-electron chi connectivity index (χ2n) is 4.51. The molecule has 1 aliphatic rings. The van der Waals surface area contributed by atoms with Crippen LogP contribution in [0.4, 0.5) is 8.78 Å². The van der Waals surface area contributed by atoms with Crippen molar-refractivity contribution in [1.29, 1.82) is 0 Å². The van der Waals surface area contributed by atoms with Crippen LogP contribution in [0.15, 0.2) is 0 Å². The molecule has 1 N–H and O–H groups in total. The maximum absolute atomic E-state index is 11.7. The van der Waals surface area contributed by atoms with Crippen LogP contribution < -0.4 is 5.32 Å². The number of hydrogen-bond donors (Lipinski definition) is 1. The molecule has 0 aliphatic heterocycles. The third-order valence-corrected chi connectivity index (χ3v) is 3.12. The molecule has 2 nitrogen and oxygen atoms in total. The maximum Gasteiger partial charge on any atom is 0.261 e. The van der Waals surface area contributed by atoms with E-state index in [-0.39, 0.29) is 0 Å². The Kier molecular flexibility index (Phi) is 7.68. The first-order valence-corrected chi connectivity index (χ1v) is 6.35. The topological polar surface area (TPSA) is 21.3 Å². The van der Waals surface area contributed by atoms with Crippen LogP contribution in [0.2, 0.25) is 0 Å². The Labute approximate surface area is 96.7 Å². The van der Waals surface area contributed by atoms with E-state index in [0.717, 1.165) is 12.5 Å². The summed E-state index contributed by atoms with van der Waals surface area (Å²) >= 11 is 0. The molecule has 1 fully saturated rings. The smallest absolute Gasteiger partial charge is 0.261 e. The van der Waals surface area contributed by atoms with E-state index < -0.39 is 13.0 Å². The average molecular weight is 235 g/mol. The van der Waals surface area contributed by atoms with E-state index in [1.807, 2.05) is 0 Å². The van der Waals surface area contributed by atoms with Gasteiger partial charge in [0, 0.05) is 6.54 Å². The molecule has 1 aliphatic carbocycles. The van der Waals surface area contributed by atoms with Crippen LogP contribution in [0.25, 0.3) is 0 Å². The normalized spacial score (nSPS) is 18.2. The summed E-state index contributed by atoms with van der Waals surface area (Å²) in [6, 6.07) is 0. The SMILES string of the molecule is FC(F)COCCNCCC1CCCCC1. The van der Waals surface area contributed by atoms with Gasteiger partial charge in [-0.05, 0) is 18.9 Å². The Balaban J connectivity index is 1.80. The zero-order chi connectivity index (χ0) is 11.6. The van der Waals surface area contributed by atoms with Gasteiger partial charge in [-0.1, -0.05) is 32.1 Å². The maximum atomic E-state index is 11.7. The molecule has 0 unspecified atom stereocenters. The molecule has 0 aromatic carbocycles. The van der Waals surface area contributed by atoms with Gasteiger partial charge >= 0.3 is 0 Å². The molecule has 0 amide bonds. The molecule has 0 spiro atoms.